The predicted molar refractivity (Wildman–Crippen MR) is 61.0 cm³/mol. The molecule has 0 spiro atoms. The Kier molecular flexibility index (Phi) is 4.61. The van der Waals surface area contributed by atoms with E-state index in [2.05, 4.69) is 4.74 Å². The van der Waals surface area contributed by atoms with Gasteiger partial charge >= 0.3 is 5.97 Å². The van der Waals surface area contributed by atoms with E-state index >= 15 is 0 Å². The molecule has 1 aromatic carbocycles. The maximum atomic E-state index is 13.5. The lowest BCUT2D eigenvalue weighted by Crippen LogP contribution is -2.13. The Bertz CT molecular complexity index is 372. The third-order valence-corrected chi connectivity index (χ3v) is 2.52. The fourth-order valence-corrected chi connectivity index (χ4v) is 1.56. The average Bonchev–Trinajstić information content (AvgIpc) is 2.29. The molecule has 0 aliphatic rings. The fourth-order valence-electron chi connectivity index (χ4n) is 1.56. The number of esters is 1. The maximum Gasteiger partial charge on any atom is 0.309 e. The number of hydrogen-bond acceptors (Lipinski definition) is 2. The van der Waals surface area contributed by atoms with E-state index in [4.69, 9.17) is 0 Å². The number of hydrogen-bond donors (Lipinski definition) is 0. The van der Waals surface area contributed by atoms with E-state index in [0.717, 1.165) is 0 Å². The number of benzene rings is 1. The first-order valence-electron chi connectivity index (χ1n) is 5.53. The van der Waals surface area contributed by atoms with Crippen molar-refractivity contribution in [2.24, 2.45) is 0 Å². The quantitative estimate of drug-likeness (QED) is 0.740. The van der Waals surface area contributed by atoms with Gasteiger partial charge in [-0.3, -0.25) is 4.79 Å². The molecule has 0 amide bonds. The summed E-state index contributed by atoms with van der Waals surface area (Å²) >= 11 is 0. The minimum atomic E-state index is -2.79. The van der Waals surface area contributed by atoms with E-state index in [1.165, 1.54) is 31.4 Å². The van der Waals surface area contributed by atoms with E-state index < -0.39 is 5.92 Å². The van der Waals surface area contributed by atoms with E-state index in [1.807, 2.05) is 0 Å². The first-order chi connectivity index (χ1) is 7.99. The molecule has 4 heteroatoms. The van der Waals surface area contributed by atoms with Gasteiger partial charge in [-0.15, -0.1) is 0 Å². The van der Waals surface area contributed by atoms with Gasteiger partial charge in [0.2, 0.25) is 0 Å². The number of alkyl halides is 2. The normalized spacial score (nSPS) is 11.3. The van der Waals surface area contributed by atoms with E-state index in [0.29, 0.717) is 12.0 Å². The summed E-state index contributed by atoms with van der Waals surface area (Å²) in [7, 11) is 1.30. The van der Waals surface area contributed by atoms with Crippen molar-refractivity contribution in [2.75, 3.05) is 7.11 Å². The molecule has 0 heterocycles. The molecule has 0 aliphatic heterocycles. The minimum Gasteiger partial charge on any atom is -0.469 e. The first kappa shape index (κ1) is 13.6. The lowest BCUT2D eigenvalue weighted by atomic mass is 10.0. The summed E-state index contributed by atoms with van der Waals surface area (Å²) in [6, 6.07) is 5.81. The number of halogens is 2. The zero-order valence-corrected chi connectivity index (χ0v) is 10.0. The molecule has 2 nitrogen and oxygen atoms in total. The van der Waals surface area contributed by atoms with Crippen LogP contribution in [0.3, 0.4) is 0 Å². The van der Waals surface area contributed by atoms with Gasteiger partial charge in [-0.25, -0.2) is 8.78 Å². The lowest BCUT2D eigenvalue weighted by molar-refractivity contribution is -0.139. The molecule has 0 bridgehead atoms. The van der Waals surface area contributed by atoms with Crippen LogP contribution in [0.15, 0.2) is 24.3 Å². The van der Waals surface area contributed by atoms with Gasteiger partial charge in [-0.1, -0.05) is 37.6 Å². The van der Waals surface area contributed by atoms with Gasteiger partial charge in [0.1, 0.15) is 0 Å². The number of carbonyl (C=O) groups excluding carboxylic acids is 1. The van der Waals surface area contributed by atoms with Crippen LogP contribution in [0, 0.1) is 0 Å². The van der Waals surface area contributed by atoms with Crippen LogP contribution in [-0.4, -0.2) is 13.1 Å². The molecule has 0 N–H and O–H groups in total. The van der Waals surface area contributed by atoms with Crippen LogP contribution < -0.4 is 0 Å². The molecule has 0 fully saturated rings. The second-order valence-corrected chi connectivity index (χ2v) is 3.90. The molecule has 94 valence electrons. The summed E-state index contributed by atoms with van der Waals surface area (Å²) in [5, 5.41) is 0. The van der Waals surface area contributed by atoms with Gasteiger partial charge in [0, 0.05) is 12.0 Å². The van der Waals surface area contributed by atoms with Crippen LogP contribution in [0.25, 0.3) is 0 Å². The van der Waals surface area contributed by atoms with Crippen molar-refractivity contribution in [3.05, 3.63) is 35.4 Å². The Balaban J connectivity index is 2.77. The summed E-state index contributed by atoms with van der Waals surface area (Å²) in [5.74, 6) is -3.17. The Labute approximate surface area is 99.6 Å². The van der Waals surface area contributed by atoms with Gasteiger partial charge in [-0.05, 0) is 5.56 Å². The van der Waals surface area contributed by atoms with Crippen LogP contribution >= 0.6 is 0 Å². The molecule has 1 aromatic rings. The number of methoxy groups -OCH3 is 1. The van der Waals surface area contributed by atoms with Gasteiger partial charge in [0.05, 0.1) is 13.5 Å². The molecule has 0 unspecified atom stereocenters. The highest BCUT2D eigenvalue weighted by atomic mass is 19.3. The molecule has 0 aromatic heterocycles. The van der Waals surface area contributed by atoms with Crippen molar-refractivity contribution in [2.45, 2.75) is 32.1 Å². The van der Waals surface area contributed by atoms with Gasteiger partial charge in [-0.2, -0.15) is 0 Å². The van der Waals surface area contributed by atoms with Crippen molar-refractivity contribution >= 4 is 5.97 Å². The second-order valence-electron chi connectivity index (χ2n) is 3.90. The molecule has 0 aliphatic carbocycles. The summed E-state index contributed by atoms with van der Waals surface area (Å²) in [4.78, 5) is 11.0. The molecule has 0 saturated heterocycles. The Morgan fingerprint density at radius 2 is 1.88 bits per heavy atom. The minimum absolute atomic E-state index is 0.00651. The van der Waals surface area contributed by atoms with Crippen LogP contribution in [-0.2, 0) is 21.9 Å². The Morgan fingerprint density at radius 1 is 1.29 bits per heavy atom. The smallest absolute Gasteiger partial charge is 0.309 e. The zero-order valence-electron chi connectivity index (χ0n) is 10.0. The summed E-state index contributed by atoms with van der Waals surface area (Å²) in [5.41, 5.74) is 0.667. The maximum absolute atomic E-state index is 13.5. The Morgan fingerprint density at radius 3 is 2.35 bits per heavy atom. The molecule has 17 heavy (non-hydrogen) atoms. The summed E-state index contributed by atoms with van der Waals surface area (Å²) in [6.07, 6.45) is 0.371. The van der Waals surface area contributed by atoms with Crippen LogP contribution in [0.4, 0.5) is 8.78 Å². The highest BCUT2D eigenvalue weighted by Crippen LogP contribution is 2.32. The third kappa shape index (κ3) is 3.80. The average molecular weight is 242 g/mol. The highest BCUT2D eigenvalue weighted by Gasteiger charge is 2.29. The zero-order chi connectivity index (χ0) is 12.9. The summed E-state index contributed by atoms with van der Waals surface area (Å²) in [6.45, 7) is 1.72. The van der Waals surface area contributed by atoms with Crippen LogP contribution in [0.2, 0.25) is 0 Å². The van der Waals surface area contributed by atoms with Crippen LogP contribution in [0.5, 0.6) is 0 Å². The van der Waals surface area contributed by atoms with Crippen molar-refractivity contribution in [3.63, 3.8) is 0 Å². The molecule has 0 radical (unpaired) electrons. The topological polar surface area (TPSA) is 26.3 Å². The van der Waals surface area contributed by atoms with Gasteiger partial charge in [0.25, 0.3) is 5.92 Å². The highest BCUT2D eigenvalue weighted by molar-refractivity contribution is 5.72. The summed E-state index contributed by atoms with van der Waals surface area (Å²) < 4.78 is 31.6. The van der Waals surface area contributed by atoms with E-state index in [-0.39, 0.29) is 24.4 Å². The van der Waals surface area contributed by atoms with E-state index in [9.17, 15) is 13.6 Å². The first-order valence-corrected chi connectivity index (χ1v) is 5.53. The molecule has 0 atom stereocenters. The lowest BCUT2D eigenvalue weighted by Gasteiger charge is -2.15. The monoisotopic (exact) mass is 242 g/mol. The predicted octanol–water partition coefficient (Wildman–Crippen LogP) is 3.29. The number of rotatable bonds is 5. The Hall–Kier alpha value is -1.45. The third-order valence-electron chi connectivity index (χ3n) is 2.52. The molecule has 1 rings (SSSR count). The van der Waals surface area contributed by atoms with Crippen molar-refractivity contribution in [3.8, 4) is 0 Å². The molecule has 0 saturated carbocycles. The SMILES string of the molecule is CCCC(F)(F)c1ccc(CC(=O)OC)cc1. The van der Waals surface area contributed by atoms with Crippen LogP contribution in [0.1, 0.15) is 30.9 Å². The van der Waals surface area contributed by atoms with E-state index in [1.54, 1.807) is 6.92 Å². The number of ether oxygens (including phenoxy) is 1. The second kappa shape index (κ2) is 5.75. The molecular formula is C13H16F2O2. The van der Waals surface area contributed by atoms with Crippen molar-refractivity contribution in [1.82, 2.24) is 0 Å². The standard InChI is InChI=1S/C13H16F2O2/c1-3-8-13(14,15)11-6-4-10(5-7-11)9-12(16)17-2/h4-7H,3,8-9H2,1-2H3. The largest absolute Gasteiger partial charge is 0.469 e. The van der Waals surface area contributed by atoms with Gasteiger partial charge in [0.15, 0.2) is 0 Å². The molecular weight excluding hydrogens is 226 g/mol. The fraction of sp³-hybridized carbons (Fsp3) is 0.462. The van der Waals surface area contributed by atoms with Crippen molar-refractivity contribution in [1.29, 1.82) is 0 Å². The van der Waals surface area contributed by atoms with Gasteiger partial charge < -0.3 is 4.74 Å². The number of carbonyl (C=O) groups is 1. The van der Waals surface area contributed by atoms with Crippen molar-refractivity contribution < 1.29 is 18.3 Å².